The highest BCUT2D eigenvalue weighted by Gasteiger charge is 2.12. The summed E-state index contributed by atoms with van der Waals surface area (Å²) in [4.78, 5) is 0. The summed E-state index contributed by atoms with van der Waals surface area (Å²) in [5.74, 6) is 1.13. The monoisotopic (exact) mass is 339 g/mol. The molecule has 0 saturated carbocycles. The van der Waals surface area contributed by atoms with Gasteiger partial charge in [0.05, 0.1) is 27.3 Å². The molecule has 1 aromatic heterocycles. The van der Waals surface area contributed by atoms with Crippen LogP contribution in [0.2, 0.25) is 10.0 Å². The van der Waals surface area contributed by atoms with Crippen LogP contribution in [0.25, 0.3) is 23.0 Å². The fourth-order valence-electron chi connectivity index (χ4n) is 2.24. The molecular formula is C19H11Cl2NO. The van der Waals surface area contributed by atoms with Gasteiger partial charge in [-0.05, 0) is 35.9 Å². The molecule has 0 aliphatic rings. The summed E-state index contributed by atoms with van der Waals surface area (Å²) in [6, 6.07) is 20.5. The first-order valence-electron chi connectivity index (χ1n) is 6.90. The molecule has 4 heteroatoms. The molecule has 112 valence electrons. The second-order valence-electron chi connectivity index (χ2n) is 4.83. The Bertz CT molecular complexity index is 884. The Kier molecular flexibility index (Phi) is 4.52. The summed E-state index contributed by atoms with van der Waals surface area (Å²) in [6.07, 6.45) is 1.70. The Hall–Kier alpha value is -2.47. The number of halogens is 2. The van der Waals surface area contributed by atoms with Crippen LogP contribution in [0.4, 0.5) is 0 Å². The van der Waals surface area contributed by atoms with Gasteiger partial charge in [0.2, 0.25) is 0 Å². The molecule has 3 aromatic rings. The first kappa shape index (κ1) is 15.4. The number of nitriles is 1. The molecule has 0 N–H and O–H groups in total. The minimum atomic E-state index is 0.519. The molecule has 1 heterocycles. The molecule has 23 heavy (non-hydrogen) atoms. The summed E-state index contributed by atoms with van der Waals surface area (Å²) < 4.78 is 5.79. The summed E-state index contributed by atoms with van der Waals surface area (Å²) in [5, 5.41) is 10.4. The Morgan fingerprint density at radius 2 is 1.61 bits per heavy atom. The number of hydrogen-bond donors (Lipinski definition) is 0. The van der Waals surface area contributed by atoms with E-state index in [0.717, 1.165) is 5.56 Å². The van der Waals surface area contributed by atoms with Crippen LogP contribution in [-0.4, -0.2) is 0 Å². The molecular weight excluding hydrogens is 329 g/mol. The summed E-state index contributed by atoms with van der Waals surface area (Å²) in [5.41, 5.74) is 2.01. The van der Waals surface area contributed by atoms with Gasteiger partial charge in [-0.25, -0.2) is 0 Å². The molecule has 0 amide bonds. The molecule has 0 saturated heterocycles. The number of benzene rings is 2. The van der Waals surface area contributed by atoms with E-state index in [2.05, 4.69) is 6.07 Å². The van der Waals surface area contributed by atoms with E-state index in [1.165, 1.54) is 0 Å². The fourth-order valence-corrected chi connectivity index (χ4v) is 2.82. The smallest absolute Gasteiger partial charge is 0.137 e. The first-order valence-corrected chi connectivity index (χ1v) is 7.66. The highest BCUT2D eigenvalue weighted by molar-refractivity contribution is 6.39. The van der Waals surface area contributed by atoms with Gasteiger partial charge >= 0.3 is 0 Å². The highest BCUT2D eigenvalue weighted by Crippen LogP contribution is 2.36. The minimum absolute atomic E-state index is 0.519. The van der Waals surface area contributed by atoms with Crippen molar-refractivity contribution in [1.82, 2.24) is 0 Å². The molecule has 0 atom stereocenters. The normalized spacial score (nSPS) is 11.3. The molecule has 0 radical (unpaired) electrons. The van der Waals surface area contributed by atoms with E-state index in [1.807, 2.05) is 30.3 Å². The maximum absolute atomic E-state index is 9.35. The van der Waals surface area contributed by atoms with Crippen molar-refractivity contribution < 1.29 is 4.42 Å². The predicted octanol–water partition coefficient (Wildman–Crippen LogP) is 6.32. The van der Waals surface area contributed by atoms with Gasteiger partial charge in [0.15, 0.2) is 0 Å². The standard InChI is InChI=1S/C19H11Cl2NO/c20-16-7-4-8-17(21)19(16)18-10-9-15(23-18)11-14(12-22)13-5-2-1-3-6-13/h1-11H. The fraction of sp³-hybridized carbons (Fsp3) is 0. The zero-order valence-electron chi connectivity index (χ0n) is 12.0. The van der Waals surface area contributed by atoms with Crippen molar-refractivity contribution in [2.45, 2.75) is 0 Å². The second kappa shape index (κ2) is 6.75. The van der Waals surface area contributed by atoms with E-state index in [1.54, 1.807) is 36.4 Å². The molecule has 0 unspecified atom stereocenters. The van der Waals surface area contributed by atoms with E-state index in [4.69, 9.17) is 27.6 Å². The van der Waals surface area contributed by atoms with Crippen LogP contribution in [0, 0.1) is 11.3 Å². The van der Waals surface area contributed by atoms with Crippen LogP contribution >= 0.6 is 23.2 Å². The predicted molar refractivity (Wildman–Crippen MR) is 94.1 cm³/mol. The lowest BCUT2D eigenvalue weighted by Crippen LogP contribution is -1.80. The van der Waals surface area contributed by atoms with Gasteiger partial charge in [-0.1, -0.05) is 59.6 Å². The van der Waals surface area contributed by atoms with Gasteiger partial charge in [-0.15, -0.1) is 0 Å². The zero-order chi connectivity index (χ0) is 16.2. The Balaban J connectivity index is 2.00. The van der Waals surface area contributed by atoms with Crippen LogP contribution in [0.1, 0.15) is 11.3 Å². The third kappa shape index (κ3) is 3.32. The number of allylic oxidation sites excluding steroid dienone is 1. The zero-order valence-corrected chi connectivity index (χ0v) is 13.5. The van der Waals surface area contributed by atoms with E-state index in [0.29, 0.717) is 32.7 Å². The maximum atomic E-state index is 9.35. The average molecular weight is 340 g/mol. The second-order valence-corrected chi connectivity index (χ2v) is 5.65. The van der Waals surface area contributed by atoms with E-state index >= 15 is 0 Å². The average Bonchev–Trinajstić information content (AvgIpc) is 3.01. The SMILES string of the molecule is N#CC(=Cc1ccc(-c2c(Cl)cccc2Cl)o1)c1ccccc1. The molecule has 0 bridgehead atoms. The molecule has 0 aliphatic carbocycles. The van der Waals surface area contributed by atoms with Crippen molar-refractivity contribution in [3.05, 3.63) is 82.0 Å². The third-order valence-corrected chi connectivity index (χ3v) is 3.96. The van der Waals surface area contributed by atoms with Crippen molar-refractivity contribution in [2.75, 3.05) is 0 Å². The van der Waals surface area contributed by atoms with E-state index in [-0.39, 0.29) is 0 Å². The van der Waals surface area contributed by atoms with Crippen molar-refractivity contribution >= 4 is 34.9 Å². The first-order chi connectivity index (χ1) is 11.2. The largest absolute Gasteiger partial charge is 0.457 e. The summed E-state index contributed by atoms with van der Waals surface area (Å²) >= 11 is 12.4. The highest BCUT2D eigenvalue weighted by atomic mass is 35.5. The number of furan rings is 1. The van der Waals surface area contributed by atoms with Gasteiger partial charge in [0.1, 0.15) is 11.5 Å². The van der Waals surface area contributed by atoms with Crippen molar-refractivity contribution in [3.63, 3.8) is 0 Å². The van der Waals surface area contributed by atoms with Gasteiger partial charge in [0, 0.05) is 0 Å². The summed E-state index contributed by atoms with van der Waals surface area (Å²) in [7, 11) is 0. The van der Waals surface area contributed by atoms with Crippen molar-refractivity contribution in [1.29, 1.82) is 5.26 Å². The molecule has 0 spiro atoms. The topological polar surface area (TPSA) is 36.9 Å². The molecule has 0 fully saturated rings. The van der Waals surface area contributed by atoms with Gasteiger partial charge < -0.3 is 4.42 Å². The molecule has 3 rings (SSSR count). The van der Waals surface area contributed by atoms with Gasteiger partial charge in [0.25, 0.3) is 0 Å². The van der Waals surface area contributed by atoms with E-state index < -0.39 is 0 Å². The van der Waals surface area contributed by atoms with Gasteiger partial charge in [-0.3, -0.25) is 0 Å². The minimum Gasteiger partial charge on any atom is -0.457 e. The van der Waals surface area contributed by atoms with Crippen LogP contribution in [0.15, 0.2) is 65.1 Å². The maximum Gasteiger partial charge on any atom is 0.137 e. The van der Waals surface area contributed by atoms with E-state index in [9.17, 15) is 5.26 Å². The molecule has 2 nitrogen and oxygen atoms in total. The Morgan fingerprint density at radius 3 is 2.26 bits per heavy atom. The van der Waals surface area contributed by atoms with Crippen LogP contribution in [-0.2, 0) is 0 Å². The quantitative estimate of drug-likeness (QED) is 0.523. The molecule has 0 aliphatic heterocycles. The van der Waals surface area contributed by atoms with Crippen molar-refractivity contribution in [2.24, 2.45) is 0 Å². The lowest BCUT2D eigenvalue weighted by Gasteiger charge is -2.03. The number of rotatable bonds is 3. The van der Waals surface area contributed by atoms with Crippen LogP contribution < -0.4 is 0 Å². The van der Waals surface area contributed by atoms with Gasteiger partial charge in [-0.2, -0.15) is 5.26 Å². The number of nitrogens with zero attached hydrogens (tertiary/aromatic N) is 1. The van der Waals surface area contributed by atoms with Crippen molar-refractivity contribution in [3.8, 4) is 17.4 Å². The molecule has 2 aromatic carbocycles. The third-order valence-electron chi connectivity index (χ3n) is 3.33. The summed E-state index contributed by atoms with van der Waals surface area (Å²) in [6.45, 7) is 0. The van der Waals surface area contributed by atoms with Crippen LogP contribution in [0.3, 0.4) is 0 Å². The Morgan fingerprint density at radius 1 is 0.913 bits per heavy atom. The van der Waals surface area contributed by atoms with Crippen LogP contribution in [0.5, 0.6) is 0 Å². The Labute approximate surface area is 144 Å². The lowest BCUT2D eigenvalue weighted by molar-refractivity contribution is 0.572. The lowest BCUT2D eigenvalue weighted by atomic mass is 10.1. The number of hydrogen-bond acceptors (Lipinski definition) is 2.